The van der Waals surface area contributed by atoms with E-state index in [1.54, 1.807) is 7.11 Å². The fourth-order valence-corrected chi connectivity index (χ4v) is 2.20. The van der Waals surface area contributed by atoms with E-state index in [-0.39, 0.29) is 5.54 Å². The molecule has 1 aromatic rings. The van der Waals surface area contributed by atoms with Gasteiger partial charge in [0.1, 0.15) is 19.0 Å². The summed E-state index contributed by atoms with van der Waals surface area (Å²) in [4.78, 5) is 0. The molecule has 0 atom stereocenters. The first kappa shape index (κ1) is 10.7. The molecule has 4 nitrogen and oxygen atoms in total. The first-order valence-corrected chi connectivity index (χ1v) is 5.96. The molecule has 1 aliphatic heterocycles. The zero-order valence-electron chi connectivity index (χ0n) is 9.99. The van der Waals surface area contributed by atoms with Crippen molar-refractivity contribution in [1.82, 2.24) is 0 Å². The second kappa shape index (κ2) is 3.81. The lowest BCUT2D eigenvalue weighted by Crippen LogP contribution is -2.26. The van der Waals surface area contributed by atoms with Crippen molar-refractivity contribution in [2.75, 3.05) is 20.3 Å². The molecule has 0 bridgehead atoms. The van der Waals surface area contributed by atoms with Crippen LogP contribution in [0.5, 0.6) is 17.2 Å². The van der Waals surface area contributed by atoms with Crippen molar-refractivity contribution < 1.29 is 14.2 Å². The van der Waals surface area contributed by atoms with Crippen LogP contribution in [0.1, 0.15) is 18.4 Å². The average Bonchev–Trinajstić information content (AvgIpc) is 3.08. The van der Waals surface area contributed by atoms with E-state index < -0.39 is 0 Å². The third kappa shape index (κ3) is 1.93. The summed E-state index contributed by atoms with van der Waals surface area (Å²) in [5.41, 5.74) is 7.16. The Morgan fingerprint density at radius 3 is 2.76 bits per heavy atom. The lowest BCUT2D eigenvalue weighted by molar-refractivity contribution is 0.168. The van der Waals surface area contributed by atoms with Gasteiger partial charge in [-0.05, 0) is 31.4 Å². The first-order chi connectivity index (χ1) is 8.22. The molecule has 0 saturated heterocycles. The average molecular weight is 235 g/mol. The van der Waals surface area contributed by atoms with Crippen LogP contribution in [-0.4, -0.2) is 25.9 Å². The zero-order valence-corrected chi connectivity index (χ0v) is 9.99. The monoisotopic (exact) mass is 235 g/mol. The molecule has 1 fully saturated rings. The number of hydrogen-bond donors (Lipinski definition) is 1. The van der Waals surface area contributed by atoms with E-state index in [0.717, 1.165) is 42.1 Å². The topological polar surface area (TPSA) is 53.7 Å². The molecule has 3 rings (SSSR count). The normalized spacial score (nSPS) is 19.9. The predicted octanol–water partition coefficient (Wildman–Crippen LogP) is 1.50. The van der Waals surface area contributed by atoms with Gasteiger partial charge in [0.25, 0.3) is 0 Å². The van der Waals surface area contributed by atoms with E-state index in [4.69, 9.17) is 19.9 Å². The molecular weight excluding hydrogens is 218 g/mol. The van der Waals surface area contributed by atoms with Crippen molar-refractivity contribution in [1.29, 1.82) is 0 Å². The maximum absolute atomic E-state index is 6.18. The molecule has 2 N–H and O–H groups in total. The molecule has 4 heteroatoms. The van der Waals surface area contributed by atoms with Crippen LogP contribution in [-0.2, 0) is 6.42 Å². The molecule has 1 heterocycles. The Labute approximate surface area is 101 Å². The molecule has 0 amide bonds. The van der Waals surface area contributed by atoms with Gasteiger partial charge >= 0.3 is 0 Å². The van der Waals surface area contributed by atoms with Crippen molar-refractivity contribution >= 4 is 0 Å². The van der Waals surface area contributed by atoms with E-state index in [1.165, 1.54) is 0 Å². The first-order valence-electron chi connectivity index (χ1n) is 5.96. The van der Waals surface area contributed by atoms with Crippen LogP contribution in [0.15, 0.2) is 12.1 Å². The van der Waals surface area contributed by atoms with Crippen molar-refractivity contribution in [3.63, 3.8) is 0 Å². The van der Waals surface area contributed by atoms with Gasteiger partial charge in [-0.15, -0.1) is 0 Å². The summed E-state index contributed by atoms with van der Waals surface area (Å²) >= 11 is 0. The molecule has 0 aromatic heterocycles. The Balaban J connectivity index is 2.01. The van der Waals surface area contributed by atoms with E-state index in [0.29, 0.717) is 13.2 Å². The van der Waals surface area contributed by atoms with Gasteiger partial charge in [-0.25, -0.2) is 0 Å². The van der Waals surface area contributed by atoms with Crippen LogP contribution < -0.4 is 19.9 Å². The Bertz CT molecular complexity index is 441. The molecule has 0 radical (unpaired) electrons. The van der Waals surface area contributed by atoms with Gasteiger partial charge in [-0.2, -0.15) is 0 Å². The number of hydrogen-bond acceptors (Lipinski definition) is 4. The molecule has 1 aromatic carbocycles. The minimum absolute atomic E-state index is 0.0663. The number of rotatable bonds is 3. The Morgan fingerprint density at radius 1 is 1.29 bits per heavy atom. The minimum atomic E-state index is -0.0663. The third-order valence-corrected chi connectivity index (χ3v) is 3.41. The highest BCUT2D eigenvalue weighted by Gasteiger charge is 2.40. The fraction of sp³-hybridized carbons (Fsp3) is 0.538. The molecule has 1 saturated carbocycles. The van der Waals surface area contributed by atoms with Crippen LogP contribution in [0.25, 0.3) is 0 Å². The summed E-state index contributed by atoms with van der Waals surface area (Å²) in [5, 5.41) is 0. The van der Waals surface area contributed by atoms with Crippen LogP contribution in [0.4, 0.5) is 0 Å². The number of benzene rings is 1. The van der Waals surface area contributed by atoms with Crippen molar-refractivity contribution in [2.24, 2.45) is 5.73 Å². The smallest absolute Gasteiger partial charge is 0.168 e. The highest BCUT2D eigenvalue weighted by atomic mass is 16.6. The fourth-order valence-electron chi connectivity index (χ4n) is 2.20. The summed E-state index contributed by atoms with van der Waals surface area (Å²) in [6.07, 6.45) is 2.93. The van der Waals surface area contributed by atoms with Gasteiger partial charge in [0.05, 0.1) is 7.11 Å². The highest BCUT2D eigenvalue weighted by Crippen LogP contribution is 2.45. The number of nitrogens with two attached hydrogens (primary N) is 1. The van der Waals surface area contributed by atoms with E-state index >= 15 is 0 Å². The Morgan fingerprint density at radius 2 is 2.06 bits per heavy atom. The van der Waals surface area contributed by atoms with Crippen molar-refractivity contribution in [3.05, 3.63) is 17.7 Å². The Hall–Kier alpha value is -1.42. The highest BCUT2D eigenvalue weighted by molar-refractivity contribution is 5.55. The third-order valence-electron chi connectivity index (χ3n) is 3.41. The van der Waals surface area contributed by atoms with Crippen LogP contribution in [0, 0.1) is 0 Å². The van der Waals surface area contributed by atoms with Gasteiger partial charge in [0.15, 0.2) is 11.5 Å². The zero-order chi connectivity index (χ0) is 11.9. The molecule has 0 unspecified atom stereocenters. The van der Waals surface area contributed by atoms with Gasteiger partial charge < -0.3 is 19.9 Å². The van der Waals surface area contributed by atoms with Gasteiger partial charge in [0, 0.05) is 11.1 Å². The summed E-state index contributed by atoms with van der Waals surface area (Å²) in [5.74, 6) is 2.45. The van der Waals surface area contributed by atoms with E-state index in [1.807, 2.05) is 12.1 Å². The quantitative estimate of drug-likeness (QED) is 0.862. The van der Waals surface area contributed by atoms with Gasteiger partial charge in [-0.3, -0.25) is 0 Å². The minimum Gasteiger partial charge on any atom is -0.496 e. The standard InChI is InChI=1S/C13H17NO3/c1-15-10-2-3-11-12(17-7-6-16-11)9(10)8-13(14)4-5-13/h2-3H,4-8,14H2,1H3. The lowest BCUT2D eigenvalue weighted by atomic mass is 10.0. The molecule has 92 valence electrons. The predicted molar refractivity (Wildman–Crippen MR) is 63.8 cm³/mol. The Kier molecular flexibility index (Phi) is 2.40. The molecule has 2 aliphatic rings. The summed E-state index contributed by atoms with van der Waals surface area (Å²) in [6.45, 7) is 1.19. The largest absolute Gasteiger partial charge is 0.496 e. The summed E-state index contributed by atoms with van der Waals surface area (Å²) in [7, 11) is 1.67. The molecular formula is C13H17NO3. The van der Waals surface area contributed by atoms with Crippen LogP contribution in [0.3, 0.4) is 0 Å². The molecule has 1 aliphatic carbocycles. The van der Waals surface area contributed by atoms with Crippen LogP contribution >= 0.6 is 0 Å². The lowest BCUT2D eigenvalue weighted by Gasteiger charge is -2.23. The molecule has 0 spiro atoms. The van der Waals surface area contributed by atoms with Gasteiger partial charge in [-0.1, -0.05) is 0 Å². The van der Waals surface area contributed by atoms with Gasteiger partial charge in [0.2, 0.25) is 0 Å². The van der Waals surface area contributed by atoms with Crippen molar-refractivity contribution in [2.45, 2.75) is 24.8 Å². The number of ether oxygens (including phenoxy) is 3. The van der Waals surface area contributed by atoms with Crippen molar-refractivity contribution in [3.8, 4) is 17.2 Å². The summed E-state index contributed by atoms with van der Waals surface area (Å²) < 4.78 is 16.7. The van der Waals surface area contributed by atoms with E-state index in [2.05, 4.69) is 0 Å². The number of methoxy groups -OCH3 is 1. The maximum atomic E-state index is 6.18. The maximum Gasteiger partial charge on any atom is 0.168 e. The van der Waals surface area contributed by atoms with E-state index in [9.17, 15) is 0 Å². The number of fused-ring (bicyclic) bond motifs is 1. The second-order valence-corrected chi connectivity index (χ2v) is 4.81. The van der Waals surface area contributed by atoms with Crippen LogP contribution in [0.2, 0.25) is 0 Å². The second-order valence-electron chi connectivity index (χ2n) is 4.81. The summed E-state index contributed by atoms with van der Waals surface area (Å²) in [6, 6.07) is 3.82. The molecule has 17 heavy (non-hydrogen) atoms. The SMILES string of the molecule is COc1ccc2c(c1CC1(N)CC1)OCCO2.